The number of carbonyl (C=O) groups excluding carboxylic acids is 6. The molecule has 0 aromatic carbocycles. The van der Waals surface area contributed by atoms with E-state index in [9.17, 15) is 0 Å². The Hall–Kier alpha value is 0.576. The zero-order chi connectivity index (χ0) is 40.6. The maximum atomic E-state index is 7.75. The van der Waals surface area contributed by atoms with Crippen LogP contribution in [-0.2, 0) is 125 Å². The van der Waals surface area contributed by atoms with Gasteiger partial charge in [0.05, 0.1) is 0 Å². The van der Waals surface area contributed by atoms with Gasteiger partial charge in [0.1, 0.15) is 0 Å². The van der Waals surface area contributed by atoms with Crippen molar-refractivity contribution in [3.05, 3.63) is 48.1 Å². The fourth-order valence-corrected chi connectivity index (χ4v) is 2.28. The fraction of sp³-hybridized carbons (Fsp3) is 0.567. The summed E-state index contributed by atoms with van der Waals surface area (Å²) in [5.74, 6) is 0. The van der Waals surface area contributed by atoms with Crippen LogP contribution in [0, 0.1) is 48.1 Å². The fourth-order valence-electron chi connectivity index (χ4n) is 2.28. The Morgan fingerprint density at radius 2 is 0.529 bits per heavy atom. The third kappa shape index (κ3) is 492. The zero-order valence-corrected chi connectivity index (χ0v) is 39.9. The van der Waals surface area contributed by atoms with E-state index >= 15 is 0 Å². The quantitative estimate of drug-likeness (QED) is 0.0999. The molecule has 3 aliphatic rings. The molecule has 3 fully saturated rings. The molecular weight excluding hydrogens is 1060 g/mol. The van der Waals surface area contributed by atoms with E-state index in [0.29, 0.717) is 0 Å². The van der Waals surface area contributed by atoms with Crippen LogP contribution in [0.2, 0.25) is 0 Å². The van der Waals surface area contributed by atoms with Crippen molar-refractivity contribution in [2.24, 2.45) is 0 Å². The van der Waals surface area contributed by atoms with Crippen LogP contribution < -0.4 is 29.6 Å². The van der Waals surface area contributed by atoms with Crippen molar-refractivity contribution in [3.63, 3.8) is 0 Å². The standard InChI is InChI=1S/2C5H10.C4H8O.3CH4O.6CHO.5CO.2CH3.HI.2Mn.Na.2Ru.H/c3*1-2-4-5-3-1;14*1-2;;;;;;;;;/h2*1-5H2;1-4H2;3*2H,1H3;6*1H;;;;;;2*1H3;1H;;;;;;/q;;;;;;6*-1;;;;;;2*-1;;;+3;+1;+2;+4;-1/p-1. The summed E-state index contributed by atoms with van der Waals surface area (Å²) in [6.07, 6.45) is 17.6. The first kappa shape index (κ1) is 141. The van der Waals surface area contributed by atoms with Gasteiger partial charge < -0.3 is 65.1 Å². The summed E-state index contributed by atoms with van der Waals surface area (Å²) >= 11 is 4.40. The molecule has 15 nitrogen and oxygen atoms in total. The molecule has 0 atom stereocenters. The third-order valence-electron chi connectivity index (χ3n) is 3.33. The molecule has 0 spiro atoms. The molecule has 0 unspecified atom stereocenters. The van der Waals surface area contributed by atoms with E-state index in [1.54, 1.807) is 0 Å². The van der Waals surface area contributed by atoms with Gasteiger partial charge in [0.25, 0.3) is 0 Å². The molecule has 1 saturated heterocycles. The first-order valence-electron chi connectivity index (χ1n) is 11.0. The van der Waals surface area contributed by atoms with Crippen molar-refractivity contribution < 1.29 is 171 Å². The number of hydrogen-bond acceptors (Lipinski definition) is 10. The van der Waals surface area contributed by atoms with E-state index in [-0.39, 0.29) is 99.5 Å². The van der Waals surface area contributed by atoms with Gasteiger partial charge in [0.2, 0.25) is 0 Å². The SMILES string of the molecule is C1CCCC1.C1CCCC1.C1CCOC1.CO.CO.CO.[C-]#[O+].[C-]#[O+].[C-]#[O+].[C-]#[O+].[C-]#[O+].[CH-]=O.[CH-]=O.[CH-]=O.[CH-]=O.[CH-]=O.[CH-]=O.[CH3-].[CH3-].[H-].[Mn+3].[Mn].[Na+].[Ru+2].[Ru+3][I]. The summed E-state index contributed by atoms with van der Waals surface area (Å²) < 4.78 is 42.4. The van der Waals surface area contributed by atoms with Crippen molar-refractivity contribution >= 4 is 60.5 Å². The predicted octanol–water partition coefficient (Wildman–Crippen LogP) is 0.584. The van der Waals surface area contributed by atoms with Gasteiger partial charge in [-0.1, -0.05) is 64.2 Å². The molecule has 2 aliphatic carbocycles. The molecule has 1 heterocycles. The van der Waals surface area contributed by atoms with Gasteiger partial charge >= 0.3 is 157 Å². The molecule has 1 aliphatic heterocycles. The predicted molar refractivity (Wildman–Crippen MR) is 179 cm³/mol. The van der Waals surface area contributed by atoms with E-state index in [4.69, 9.17) is 72.1 Å². The van der Waals surface area contributed by atoms with Gasteiger partial charge in [-0.15, -0.1) is 0 Å². The monoisotopic (exact) mass is 1120 g/mol. The first-order valence-corrected chi connectivity index (χ1v) is 16.2. The first-order chi connectivity index (χ1) is 22.5. The van der Waals surface area contributed by atoms with Crippen LogP contribution in [0.4, 0.5) is 0 Å². The van der Waals surface area contributed by atoms with E-state index < -0.39 is 0 Å². The van der Waals surface area contributed by atoms with Gasteiger partial charge in [-0.3, -0.25) is 40.7 Å². The van der Waals surface area contributed by atoms with E-state index in [1.807, 2.05) is 0 Å². The van der Waals surface area contributed by atoms with Crippen LogP contribution in [0.5, 0.6) is 0 Å². The number of halogens is 1. The Morgan fingerprint density at radius 3 is 0.569 bits per heavy atom. The Bertz CT molecular complexity index is 326. The molecule has 51 heavy (non-hydrogen) atoms. The molecule has 3 rings (SSSR count). The van der Waals surface area contributed by atoms with Gasteiger partial charge in [-0.2, -0.15) is 0 Å². The van der Waals surface area contributed by atoms with Crippen LogP contribution in [0.25, 0.3) is 0 Å². The van der Waals surface area contributed by atoms with Gasteiger partial charge in [-0.25, -0.2) is 0 Å². The Balaban J connectivity index is -0.00000000929. The molecule has 1 radical (unpaired) electrons. The van der Waals surface area contributed by atoms with Crippen LogP contribution in [-0.4, -0.2) is 90.6 Å². The topological polar surface area (TPSA) is 272 Å². The Morgan fingerprint density at radius 1 is 0.451 bits per heavy atom. The third-order valence-corrected chi connectivity index (χ3v) is 3.33. The molecule has 2 saturated carbocycles. The summed E-state index contributed by atoms with van der Waals surface area (Å²) in [5.41, 5.74) is 0. The average Bonchev–Trinajstić information content (AvgIpc) is 4.09. The van der Waals surface area contributed by atoms with Crippen molar-refractivity contribution in [2.75, 3.05) is 34.5 Å². The zero-order valence-electron chi connectivity index (χ0n) is 30.9. The van der Waals surface area contributed by atoms with Crippen LogP contribution in [0.1, 0.15) is 78.5 Å². The second kappa shape index (κ2) is 512. The molecule has 21 heteroatoms. The van der Waals surface area contributed by atoms with E-state index in [1.165, 1.54) is 77.0 Å². The van der Waals surface area contributed by atoms with Crippen LogP contribution in [0.3, 0.4) is 0 Å². The summed E-state index contributed by atoms with van der Waals surface area (Å²) in [6, 6.07) is 0. The van der Waals surface area contributed by atoms with E-state index in [0.717, 1.165) is 34.5 Å². The van der Waals surface area contributed by atoms with E-state index in [2.05, 4.69) is 109 Å². The number of rotatable bonds is 0. The molecule has 0 aromatic rings. The minimum atomic E-state index is 0. The normalized spacial score (nSPS) is 8.18. The number of aliphatic hydroxyl groups excluding tert-OH is 3. The number of hydrogen-bond donors (Lipinski definition) is 3. The molecule has 3 N–H and O–H groups in total. The Kier molecular flexibility index (Phi) is 1420. The molecular formula is C30H53IMn2NaO15Ru2. The van der Waals surface area contributed by atoms with Crippen molar-refractivity contribution in [1.82, 2.24) is 0 Å². The second-order valence-electron chi connectivity index (χ2n) is 4.86. The van der Waals surface area contributed by atoms with Crippen molar-refractivity contribution in [2.45, 2.75) is 77.0 Å². The maximum absolute atomic E-state index is 7.75. The summed E-state index contributed by atoms with van der Waals surface area (Å²) in [7, 11) is 3.00. The summed E-state index contributed by atoms with van der Waals surface area (Å²) in [4.78, 5) is 46.5. The van der Waals surface area contributed by atoms with Gasteiger partial charge in [0.15, 0.2) is 0 Å². The molecule has 0 aromatic heterocycles. The van der Waals surface area contributed by atoms with Gasteiger partial charge in [0, 0.05) is 51.6 Å². The molecule has 0 bridgehead atoms. The molecule has 301 valence electrons. The van der Waals surface area contributed by atoms with Crippen LogP contribution in [0.15, 0.2) is 0 Å². The van der Waals surface area contributed by atoms with Crippen LogP contribution >= 0.6 is 19.8 Å². The van der Waals surface area contributed by atoms with Gasteiger partial charge in [-0.05, 0) is 12.8 Å². The van der Waals surface area contributed by atoms with Crippen molar-refractivity contribution in [3.8, 4) is 0 Å². The summed E-state index contributed by atoms with van der Waals surface area (Å²) in [5, 5.41) is 21.0. The molecule has 0 amide bonds. The summed E-state index contributed by atoms with van der Waals surface area (Å²) in [6.45, 7) is 44.0. The number of aliphatic hydroxyl groups is 3. The number of ether oxygens (including phenoxy) is 1. The second-order valence-corrected chi connectivity index (χ2v) is 4.86. The average molecular weight is 1120 g/mol. The van der Waals surface area contributed by atoms with Crippen molar-refractivity contribution in [1.29, 1.82) is 0 Å². The Labute approximate surface area is 387 Å². The minimum absolute atomic E-state index is 0.